The third-order valence-corrected chi connectivity index (χ3v) is 6.08. The van der Waals surface area contributed by atoms with E-state index in [1.54, 1.807) is 6.07 Å². The number of hydrogen-bond acceptors (Lipinski definition) is 6. The molecule has 0 spiro atoms. The van der Waals surface area contributed by atoms with Crippen LogP contribution < -0.4 is 4.80 Å². The average Bonchev–Trinajstić information content (AvgIpc) is 2.99. The van der Waals surface area contributed by atoms with Crippen molar-refractivity contribution in [2.45, 2.75) is 11.4 Å². The second-order valence-corrected chi connectivity index (χ2v) is 8.81. The first kappa shape index (κ1) is 19.9. The molecule has 0 aliphatic heterocycles. The monoisotopic (exact) mass is 422 g/mol. The Morgan fingerprint density at radius 3 is 2.57 bits per heavy atom. The molecule has 1 heterocycles. The number of halogens is 1. The van der Waals surface area contributed by atoms with Gasteiger partial charge in [0.05, 0.1) is 27.8 Å². The van der Waals surface area contributed by atoms with Gasteiger partial charge in [0.15, 0.2) is 14.6 Å². The number of hydrogen-bond donors (Lipinski definition) is 0. The number of rotatable bonds is 4. The number of esters is 1. The molecule has 2 aromatic carbocycles. The number of amides is 1. The molecule has 0 saturated heterocycles. The standard InChI is InChI=1S/C18H15FN2O5S2/c1-26-15(22)10-21-16-12(19)7-5-8-13(16)27-18(21)20-17(23)11-6-3-4-9-14(11)28(2,24)25/h3-9H,10H2,1-2H3. The second-order valence-electron chi connectivity index (χ2n) is 5.82. The summed E-state index contributed by atoms with van der Waals surface area (Å²) in [5, 5.41) is 0. The molecular weight excluding hydrogens is 407 g/mol. The molecule has 0 aliphatic carbocycles. The van der Waals surface area contributed by atoms with Crippen LogP contribution in [0.1, 0.15) is 10.4 Å². The largest absolute Gasteiger partial charge is 0.468 e. The van der Waals surface area contributed by atoms with E-state index in [4.69, 9.17) is 0 Å². The Morgan fingerprint density at radius 1 is 1.18 bits per heavy atom. The maximum Gasteiger partial charge on any atom is 0.325 e. The minimum Gasteiger partial charge on any atom is -0.468 e. The average molecular weight is 422 g/mol. The highest BCUT2D eigenvalue weighted by atomic mass is 32.2. The van der Waals surface area contributed by atoms with E-state index in [0.717, 1.165) is 17.6 Å². The molecule has 0 N–H and O–H groups in total. The molecule has 28 heavy (non-hydrogen) atoms. The van der Waals surface area contributed by atoms with Crippen LogP contribution in [0.4, 0.5) is 4.39 Å². The van der Waals surface area contributed by atoms with E-state index in [9.17, 15) is 22.4 Å². The van der Waals surface area contributed by atoms with Crippen LogP contribution >= 0.6 is 11.3 Å². The highest BCUT2D eigenvalue weighted by molar-refractivity contribution is 7.90. The molecule has 0 aliphatic rings. The van der Waals surface area contributed by atoms with Gasteiger partial charge >= 0.3 is 5.97 Å². The van der Waals surface area contributed by atoms with E-state index in [1.807, 2.05) is 0 Å². The molecule has 3 rings (SSSR count). The lowest BCUT2D eigenvalue weighted by Crippen LogP contribution is -2.23. The third-order valence-electron chi connectivity index (χ3n) is 3.88. The van der Waals surface area contributed by atoms with Crippen LogP contribution in [-0.2, 0) is 25.9 Å². The zero-order chi connectivity index (χ0) is 20.5. The summed E-state index contributed by atoms with van der Waals surface area (Å²) in [6, 6.07) is 10.0. The number of thiazole rings is 1. The lowest BCUT2D eigenvalue weighted by atomic mass is 10.2. The Bertz CT molecular complexity index is 1260. The van der Waals surface area contributed by atoms with Crippen LogP contribution in [0.3, 0.4) is 0 Å². The molecule has 3 aromatic rings. The first-order chi connectivity index (χ1) is 13.2. The molecule has 1 aromatic heterocycles. The van der Waals surface area contributed by atoms with Gasteiger partial charge in [-0.15, -0.1) is 0 Å². The fraction of sp³-hybridized carbons (Fsp3) is 0.167. The van der Waals surface area contributed by atoms with Crippen molar-refractivity contribution >= 4 is 43.3 Å². The summed E-state index contributed by atoms with van der Waals surface area (Å²) in [5.41, 5.74) is 0.00777. The van der Waals surface area contributed by atoms with Crippen LogP contribution in [0.15, 0.2) is 52.4 Å². The summed E-state index contributed by atoms with van der Waals surface area (Å²) in [6.45, 7) is -0.350. The van der Waals surface area contributed by atoms with E-state index in [2.05, 4.69) is 9.73 Å². The summed E-state index contributed by atoms with van der Waals surface area (Å²) < 4.78 is 44.6. The number of para-hydroxylation sites is 1. The van der Waals surface area contributed by atoms with E-state index in [1.165, 1.54) is 48.1 Å². The molecule has 0 atom stereocenters. The fourth-order valence-corrected chi connectivity index (χ4v) is 4.55. The zero-order valence-corrected chi connectivity index (χ0v) is 16.5. The highest BCUT2D eigenvalue weighted by Crippen LogP contribution is 2.21. The van der Waals surface area contributed by atoms with Crippen LogP contribution in [0.5, 0.6) is 0 Å². The first-order valence-corrected chi connectivity index (χ1v) is 10.7. The van der Waals surface area contributed by atoms with Gasteiger partial charge in [-0.25, -0.2) is 12.8 Å². The Balaban J connectivity index is 2.23. The topological polar surface area (TPSA) is 94.8 Å². The zero-order valence-electron chi connectivity index (χ0n) is 14.9. The summed E-state index contributed by atoms with van der Waals surface area (Å²) in [7, 11) is -2.46. The molecule has 1 amide bonds. The second kappa shape index (κ2) is 7.64. The number of nitrogens with zero attached hydrogens (tertiary/aromatic N) is 2. The normalized spacial score (nSPS) is 12.3. The van der Waals surface area contributed by atoms with Crippen molar-refractivity contribution in [3.8, 4) is 0 Å². The lowest BCUT2D eigenvalue weighted by Gasteiger charge is -2.05. The Kier molecular flexibility index (Phi) is 5.43. The third kappa shape index (κ3) is 3.87. The van der Waals surface area contributed by atoms with Gasteiger partial charge in [-0.1, -0.05) is 29.5 Å². The van der Waals surface area contributed by atoms with Crippen LogP contribution in [0, 0.1) is 5.82 Å². The van der Waals surface area contributed by atoms with Crippen LogP contribution in [-0.4, -0.2) is 38.2 Å². The number of aromatic nitrogens is 1. The number of carbonyl (C=O) groups excluding carboxylic acids is 2. The van der Waals surface area contributed by atoms with Gasteiger partial charge in [-0.05, 0) is 24.3 Å². The number of carbonyl (C=O) groups is 2. The minimum atomic E-state index is -3.65. The molecule has 146 valence electrons. The molecular formula is C18H15FN2O5S2. The lowest BCUT2D eigenvalue weighted by molar-refractivity contribution is -0.141. The molecule has 0 bridgehead atoms. The SMILES string of the molecule is COC(=O)Cn1c(=NC(=O)c2ccccc2S(C)(=O)=O)sc2cccc(F)c21. The van der Waals surface area contributed by atoms with Crippen molar-refractivity contribution in [2.75, 3.05) is 13.4 Å². The number of ether oxygens (including phenoxy) is 1. The summed E-state index contributed by atoms with van der Waals surface area (Å²) in [4.78, 5) is 28.3. The highest BCUT2D eigenvalue weighted by Gasteiger charge is 2.19. The predicted octanol–water partition coefficient (Wildman–Crippen LogP) is 2.16. The van der Waals surface area contributed by atoms with E-state index >= 15 is 0 Å². The molecule has 0 saturated carbocycles. The van der Waals surface area contributed by atoms with Gasteiger partial charge in [0, 0.05) is 6.26 Å². The van der Waals surface area contributed by atoms with E-state index in [0.29, 0.717) is 4.70 Å². The maximum absolute atomic E-state index is 14.3. The fourth-order valence-electron chi connectivity index (χ4n) is 2.63. The number of fused-ring (bicyclic) bond motifs is 1. The van der Waals surface area contributed by atoms with Crippen molar-refractivity contribution < 1.29 is 27.1 Å². The first-order valence-electron chi connectivity index (χ1n) is 7.95. The van der Waals surface area contributed by atoms with Gasteiger partial charge in [0.2, 0.25) is 0 Å². The van der Waals surface area contributed by atoms with Crippen molar-refractivity contribution in [1.29, 1.82) is 0 Å². The van der Waals surface area contributed by atoms with Crippen LogP contribution in [0.2, 0.25) is 0 Å². The van der Waals surface area contributed by atoms with Gasteiger partial charge in [-0.2, -0.15) is 4.99 Å². The molecule has 7 nitrogen and oxygen atoms in total. The minimum absolute atomic E-state index is 0.0544. The molecule has 0 radical (unpaired) electrons. The Hall–Kier alpha value is -2.85. The van der Waals surface area contributed by atoms with Gasteiger partial charge in [0.1, 0.15) is 12.4 Å². The molecule has 0 unspecified atom stereocenters. The van der Waals surface area contributed by atoms with E-state index < -0.39 is 27.5 Å². The predicted molar refractivity (Wildman–Crippen MR) is 101 cm³/mol. The number of methoxy groups -OCH3 is 1. The van der Waals surface area contributed by atoms with Crippen molar-refractivity contribution in [3.63, 3.8) is 0 Å². The number of sulfone groups is 1. The number of benzene rings is 2. The summed E-state index contributed by atoms with van der Waals surface area (Å²) in [6.07, 6.45) is 0.991. The van der Waals surface area contributed by atoms with Gasteiger partial charge < -0.3 is 9.30 Å². The Morgan fingerprint density at radius 2 is 1.89 bits per heavy atom. The summed E-state index contributed by atoms with van der Waals surface area (Å²) >= 11 is 1.01. The van der Waals surface area contributed by atoms with Crippen molar-refractivity contribution in [2.24, 2.45) is 4.99 Å². The Labute approximate surface area is 163 Å². The van der Waals surface area contributed by atoms with Crippen LogP contribution in [0.25, 0.3) is 10.2 Å². The van der Waals surface area contributed by atoms with Crippen molar-refractivity contribution in [1.82, 2.24) is 4.57 Å². The maximum atomic E-state index is 14.3. The quantitative estimate of drug-likeness (QED) is 0.601. The van der Waals surface area contributed by atoms with Gasteiger partial charge in [-0.3, -0.25) is 9.59 Å². The van der Waals surface area contributed by atoms with E-state index in [-0.39, 0.29) is 27.3 Å². The molecule has 0 fully saturated rings. The van der Waals surface area contributed by atoms with Crippen molar-refractivity contribution in [3.05, 3.63) is 58.6 Å². The summed E-state index contributed by atoms with van der Waals surface area (Å²) in [5.74, 6) is -2.04. The smallest absolute Gasteiger partial charge is 0.325 e. The molecule has 10 heteroatoms. The van der Waals surface area contributed by atoms with Gasteiger partial charge in [0.25, 0.3) is 5.91 Å².